The minimum Gasteiger partial charge on any atom is -0.393 e. The lowest BCUT2D eigenvalue weighted by Gasteiger charge is -2.51. The smallest absolute Gasteiger partial charge is 0.245 e. The van der Waals surface area contributed by atoms with Gasteiger partial charge in [0.25, 0.3) is 0 Å². The van der Waals surface area contributed by atoms with Crippen molar-refractivity contribution in [2.75, 3.05) is 13.1 Å². The fourth-order valence-corrected chi connectivity index (χ4v) is 4.94. The van der Waals surface area contributed by atoms with Gasteiger partial charge in [0.1, 0.15) is 6.04 Å². The van der Waals surface area contributed by atoms with E-state index in [-0.39, 0.29) is 17.7 Å². The molecule has 3 N–H and O–H groups in total. The van der Waals surface area contributed by atoms with Crippen molar-refractivity contribution in [2.24, 2.45) is 11.3 Å². The van der Waals surface area contributed by atoms with Crippen LogP contribution in [0, 0.1) is 11.3 Å². The van der Waals surface area contributed by atoms with Crippen LogP contribution in [0.1, 0.15) is 58.4 Å². The highest BCUT2D eigenvalue weighted by Crippen LogP contribution is 2.46. The third kappa shape index (κ3) is 4.51. The van der Waals surface area contributed by atoms with Crippen LogP contribution in [0.25, 0.3) is 0 Å². The normalized spacial score (nSPS) is 29.5. The fourth-order valence-electron chi connectivity index (χ4n) is 4.82. The minimum absolute atomic E-state index is 0.115. The Bertz CT molecular complexity index is 782. The second-order valence-corrected chi connectivity index (χ2v) is 9.83. The van der Waals surface area contributed by atoms with Crippen LogP contribution in [0.2, 0.25) is 5.02 Å². The number of carbonyl (C=O) groups is 2. The summed E-state index contributed by atoms with van der Waals surface area (Å²) in [7, 11) is 0. The molecule has 1 heterocycles. The molecule has 3 rings (SSSR count). The van der Waals surface area contributed by atoms with Crippen LogP contribution in [0.3, 0.4) is 0 Å². The molecular weight excluding hydrogens is 404 g/mol. The SMILES string of the molecule is CC[C@@H](NC(=O)[C@@H]1CC[C@H](O)C1)C(=O)N1CC[C@](O)(c2ccc(Cl)cc2)C(C)(C)C1. The van der Waals surface area contributed by atoms with Crippen LogP contribution in [0.5, 0.6) is 0 Å². The van der Waals surface area contributed by atoms with Gasteiger partial charge in [-0.15, -0.1) is 0 Å². The molecule has 4 atom stereocenters. The predicted molar refractivity (Wildman–Crippen MR) is 116 cm³/mol. The molecule has 2 amide bonds. The van der Waals surface area contributed by atoms with Gasteiger partial charge >= 0.3 is 0 Å². The van der Waals surface area contributed by atoms with Gasteiger partial charge in [-0.25, -0.2) is 0 Å². The maximum atomic E-state index is 13.2. The summed E-state index contributed by atoms with van der Waals surface area (Å²) in [4.78, 5) is 27.5. The number of likely N-dealkylation sites (tertiary alicyclic amines) is 1. The molecule has 1 aliphatic heterocycles. The largest absolute Gasteiger partial charge is 0.393 e. The first kappa shape index (κ1) is 23.0. The summed E-state index contributed by atoms with van der Waals surface area (Å²) < 4.78 is 0. The van der Waals surface area contributed by atoms with Gasteiger partial charge in [0, 0.05) is 29.4 Å². The highest BCUT2D eigenvalue weighted by molar-refractivity contribution is 6.30. The molecule has 0 bridgehead atoms. The molecular formula is C23H33ClN2O4. The summed E-state index contributed by atoms with van der Waals surface area (Å²) in [5.41, 5.74) is -0.851. The molecule has 0 radical (unpaired) electrons. The molecule has 1 saturated carbocycles. The third-order valence-electron chi connectivity index (χ3n) is 6.88. The molecule has 0 spiro atoms. The number of nitrogens with zero attached hydrogens (tertiary/aromatic N) is 1. The number of hydrogen-bond donors (Lipinski definition) is 3. The number of aliphatic hydroxyl groups excluding tert-OH is 1. The molecule has 6 nitrogen and oxygen atoms in total. The number of nitrogens with one attached hydrogen (secondary N) is 1. The van der Waals surface area contributed by atoms with Crippen molar-refractivity contribution in [3.05, 3.63) is 34.9 Å². The molecule has 1 aliphatic carbocycles. The van der Waals surface area contributed by atoms with Gasteiger partial charge in [0.05, 0.1) is 11.7 Å². The Labute approximate surface area is 183 Å². The molecule has 166 valence electrons. The lowest BCUT2D eigenvalue weighted by atomic mass is 9.66. The van der Waals surface area contributed by atoms with Gasteiger partial charge in [-0.3, -0.25) is 9.59 Å². The van der Waals surface area contributed by atoms with E-state index in [0.29, 0.717) is 50.2 Å². The van der Waals surface area contributed by atoms with E-state index >= 15 is 0 Å². The molecule has 1 saturated heterocycles. The average Bonchev–Trinajstić information content (AvgIpc) is 3.14. The first-order chi connectivity index (χ1) is 14.1. The second kappa shape index (κ2) is 8.85. The maximum absolute atomic E-state index is 13.2. The lowest BCUT2D eigenvalue weighted by molar-refractivity contribution is -0.156. The van der Waals surface area contributed by atoms with E-state index in [1.165, 1.54) is 0 Å². The van der Waals surface area contributed by atoms with Crippen LogP contribution < -0.4 is 5.32 Å². The standard InChI is InChI=1S/C23H33ClN2O4/c1-4-19(25-20(28)15-5-10-18(27)13-15)21(29)26-12-11-23(30,22(2,3)14-26)16-6-8-17(24)9-7-16/h6-9,15,18-19,27,30H,4-5,10-14H2,1-3H3,(H,25,28)/t15-,18+,19-,23+/m1/s1. The van der Waals surface area contributed by atoms with Crippen molar-refractivity contribution in [2.45, 2.75) is 70.6 Å². The summed E-state index contributed by atoms with van der Waals surface area (Å²) in [5.74, 6) is -0.494. The van der Waals surface area contributed by atoms with Gasteiger partial charge < -0.3 is 20.4 Å². The van der Waals surface area contributed by atoms with E-state index in [4.69, 9.17) is 11.6 Å². The van der Waals surface area contributed by atoms with Crippen LogP contribution in [-0.2, 0) is 15.2 Å². The van der Waals surface area contributed by atoms with Crippen molar-refractivity contribution in [1.82, 2.24) is 10.2 Å². The molecule has 30 heavy (non-hydrogen) atoms. The Balaban J connectivity index is 1.68. The highest BCUT2D eigenvalue weighted by Gasteiger charge is 2.50. The van der Waals surface area contributed by atoms with E-state index in [1.807, 2.05) is 32.9 Å². The quantitative estimate of drug-likeness (QED) is 0.662. The fraction of sp³-hybridized carbons (Fsp3) is 0.652. The summed E-state index contributed by atoms with van der Waals surface area (Å²) in [6.45, 7) is 6.60. The number of piperidine rings is 1. The number of carbonyl (C=O) groups excluding carboxylic acids is 2. The summed E-state index contributed by atoms with van der Waals surface area (Å²) in [6.07, 6.45) is 2.23. The number of halogens is 1. The maximum Gasteiger partial charge on any atom is 0.245 e. The molecule has 0 aromatic heterocycles. The molecule has 2 aliphatic rings. The van der Waals surface area contributed by atoms with E-state index in [2.05, 4.69) is 5.32 Å². The van der Waals surface area contributed by atoms with Gasteiger partial charge in [0.15, 0.2) is 0 Å². The van der Waals surface area contributed by atoms with Crippen LogP contribution in [-0.4, -0.2) is 52.2 Å². The predicted octanol–water partition coefficient (Wildman–Crippen LogP) is 2.84. The van der Waals surface area contributed by atoms with E-state index < -0.39 is 23.2 Å². The van der Waals surface area contributed by atoms with Gasteiger partial charge in [-0.05, 0) is 49.8 Å². The Hall–Kier alpha value is -1.63. The summed E-state index contributed by atoms with van der Waals surface area (Å²) in [5, 5.41) is 24.7. The van der Waals surface area contributed by atoms with E-state index in [1.54, 1.807) is 17.0 Å². The molecule has 1 aromatic carbocycles. The number of benzene rings is 1. The number of rotatable bonds is 5. The van der Waals surface area contributed by atoms with Crippen molar-refractivity contribution in [3.63, 3.8) is 0 Å². The molecule has 1 aromatic rings. The third-order valence-corrected chi connectivity index (χ3v) is 7.13. The topological polar surface area (TPSA) is 89.9 Å². The Morgan fingerprint density at radius 3 is 2.47 bits per heavy atom. The summed E-state index contributed by atoms with van der Waals surface area (Å²) in [6, 6.07) is 6.63. The average molecular weight is 437 g/mol. The monoisotopic (exact) mass is 436 g/mol. The van der Waals surface area contributed by atoms with Gasteiger partial charge in [0.2, 0.25) is 11.8 Å². The number of hydrogen-bond acceptors (Lipinski definition) is 4. The van der Waals surface area contributed by atoms with Gasteiger partial charge in [-0.2, -0.15) is 0 Å². The molecule has 7 heteroatoms. The zero-order valence-electron chi connectivity index (χ0n) is 18.0. The number of aliphatic hydroxyl groups is 2. The Morgan fingerprint density at radius 2 is 1.93 bits per heavy atom. The molecule has 0 unspecified atom stereocenters. The van der Waals surface area contributed by atoms with Crippen molar-refractivity contribution in [1.29, 1.82) is 0 Å². The summed E-state index contributed by atoms with van der Waals surface area (Å²) >= 11 is 6.00. The van der Waals surface area contributed by atoms with Gasteiger partial charge in [-0.1, -0.05) is 44.5 Å². The van der Waals surface area contributed by atoms with Crippen LogP contribution >= 0.6 is 11.6 Å². The Kier molecular flexibility index (Phi) is 6.80. The van der Waals surface area contributed by atoms with Crippen molar-refractivity contribution < 1.29 is 19.8 Å². The Morgan fingerprint density at radius 1 is 1.27 bits per heavy atom. The molecule has 2 fully saturated rings. The minimum atomic E-state index is -1.07. The lowest BCUT2D eigenvalue weighted by Crippen LogP contribution is -2.59. The zero-order valence-corrected chi connectivity index (χ0v) is 18.8. The van der Waals surface area contributed by atoms with Crippen LogP contribution in [0.4, 0.5) is 0 Å². The highest BCUT2D eigenvalue weighted by atomic mass is 35.5. The first-order valence-corrected chi connectivity index (χ1v) is 11.2. The number of amides is 2. The van der Waals surface area contributed by atoms with E-state index in [0.717, 1.165) is 5.56 Å². The van der Waals surface area contributed by atoms with Crippen LogP contribution in [0.15, 0.2) is 24.3 Å². The van der Waals surface area contributed by atoms with Crippen molar-refractivity contribution in [3.8, 4) is 0 Å². The van der Waals surface area contributed by atoms with Crippen molar-refractivity contribution >= 4 is 23.4 Å². The van der Waals surface area contributed by atoms with E-state index in [9.17, 15) is 19.8 Å². The first-order valence-electron chi connectivity index (χ1n) is 10.8. The zero-order chi connectivity index (χ0) is 22.1. The second-order valence-electron chi connectivity index (χ2n) is 9.39.